The number of nitrogens with one attached hydrogen (secondary N) is 2. The van der Waals surface area contributed by atoms with Crippen molar-refractivity contribution in [2.45, 2.75) is 20.0 Å². The Bertz CT molecular complexity index is 508. The van der Waals surface area contributed by atoms with Gasteiger partial charge < -0.3 is 10.6 Å². The molecule has 1 unspecified atom stereocenters. The molecule has 0 saturated heterocycles. The molecule has 1 heterocycles. The lowest BCUT2D eigenvalue weighted by Gasteiger charge is -2.10. The van der Waals surface area contributed by atoms with Crippen LogP contribution in [0.2, 0.25) is 0 Å². The van der Waals surface area contributed by atoms with Gasteiger partial charge in [0.05, 0.1) is 0 Å². The minimum Gasteiger partial charge on any atom is -0.327 e. The van der Waals surface area contributed by atoms with Crippen LogP contribution >= 0.6 is 0 Å². The lowest BCUT2D eigenvalue weighted by Crippen LogP contribution is -2.41. The third-order valence-corrected chi connectivity index (χ3v) is 2.49. The highest BCUT2D eigenvalue weighted by Crippen LogP contribution is 2.19. The number of anilines is 1. The molecule has 2 amide bonds. The quantitative estimate of drug-likeness (QED) is 0.754. The number of fused-ring (bicyclic) bond motifs is 1. The summed E-state index contributed by atoms with van der Waals surface area (Å²) in [6.45, 7) is 3.17. The summed E-state index contributed by atoms with van der Waals surface area (Å²) < 4.78 is 0. The van der Waals surface area contributed by atoms with Gasteiger partial charge in [-0.1, -0.05) is 18.2 Å². The number of para-hydroxylation sites is 1. The summed E-state index contributed by atoms with van der Waals surface area (Å²) in [5.41, 5.74) is 2.30. The van der Waals surface area contributed by atoms with Gasteiger partial charge in [0.25, 0.3) is 5.91 Å². The van der Waals surface area contributed by atoms with Gasteiger partial charge in [0, 0.05) is 23.9 Å². The van der Waals surface area contributed by atoms with Gasteiger partial charge in [-0.25, -0.2) is 0 Å². The normalized spacial score (nSPS) is 18.6. The molecule has 1 aliphatic heterocycles. The predicted octanol–water partition coefficient (Wildman–Crippen LogP) is 0.910. The van der Waals surface area contributed by atoms with E-state index in [0.29, 0.717) is 5.69 Å². The second-order valence-corrected chi connectivity index (χ2v) is 3.85. The Morgan fingerprint density at radius 1 is 1.41 bits per heavy atom. The van der Waals surface area contributed by atoms with Crippen molar-refractivity contribution >= 4 is 23.2 Å². The van der Waals surface area contributed by atoms with E-state index in [1.165, 1.54) is 6.92 Å². The number of hydrogen-bond donors (Lipinski definition) is 2. The third-order valence-electron chi connectivity index (χ3n) is 2.49. The van der Waals surface area contributed by atoms with E-state index in [1.807, 2.05) is 31.2 Å². The van der Waals surface area contributed by atoms with E-state index in [1.54, 1.807) is 0 Å². The average Bonchev–Trinajstić information content (AvgIpc) is 2.38. The zero-order valence-electron chi connectivity index (χ0n) is 9.65. The van der Waals surface area contributed by atoms with E-state index in [-0.39, 0.29) is 11.8 Å². The average molecular weight is 231 g/mol. The number of aliphatic imine (C=N–C) groups is 1. The predicted molar refractivity (Wildman–Crippen MR) is 64.9 cm³/mol. The molecule has 1 aromatic rings. The lowest BCUT2D eigenvalue weighted by molar-refractivity contribution is -0.125. The van der Waals surface area contributed by atoms with Crippen molar-refractivity contribution in [3.63, 3.8) is 0 Å². The summed E-state index contributed by atoms with van der Waals surface area (Å²) in [6, 6.07) is 7.40. The number of hydrogen-bond acceptors (Lipinski definition) is 3. The van der Waals surface area contributed by atoms with Crippen molar-refractivity contribution in [2.75, 3.05) is 5.32 Å². The van der Waals surface area contributed by atoms with Crippen molar-refractivity contribution in [3.8, 4) is 0 Å². The maximum absolute atomic E-state index is 11.8. The van der Waals surface area contributed by atoms with Crippen molar-refractivity contribution in [1.29, 1.82) is 0 Å². The molecule has 0 aromatic heterocycles. The van der Waals surface area contributed by atoms with Gasteiger partial charge in [0.15, 0.2) is 0 Å². The molecule has 0 fully saturated rings. The fraction of sp³-hybridized carbons (Fsp3) is 0.250. The fourth-order valence-electron chi connectivity index (χ4n) is 1.72. The maximum atomic E-state index is 11.8. The molecule has 0 radical (unpaired) electrons. The highest BCUT2D eigenvalue weighted by atomic mass is 16.2. The summed E-state index contributed by atoms with van der Waals surface area (Å²) in [7, 11) is 0. The molecule has 1 atom stereocenters. The Kier molecular flexibility index (Phi) is 2.91. The first-order valence-electron chi connectivity index (χ1n) is 5.29. The van der Waals surface area contributed by atoms with Crippen LogP contribution in [0.25, 0.3) is 0 Å². The zero-order chi connectivity index (χ0) is 12.4. The molecular formula is C12H13N3O2. The molecule has 0 saturated carbocycles. The van der Waals surface area contributed by atoms with Crippen LogP contribution in [0, 0.1) is 0 Å². The SMILES string of the molecule is CC(=O)NC1N=C(C)c2ccccc2NC1=O. The van der Waals surface area contributed by atoms with Gasteiger partial charge in [0.2, 0.25) is 12.1 Å². The number of carbonyl (C=O) groups is 2. The van der Waals surface area contributed by atoms with Gasteiger partial charge in [-0.3, -0.25) is 14.6 Å². The van der Waals surface area contributed by atoms with Crippen molar-refractivity contribution < 1.29 is 9.59 Å². The fourth-order valence-corrected chi connectivity index (χ4v) is 1.72. The number of amides is 2. The van der Waals surface area contributed by atoms with Gasteiger partial charge in [0.1, 0.15) is 0 Å². The minimum absolute atomic E-state index is 0.285. The summed E-state index contributed by atoms with van der Waals surface area (Å²) >= 11 is 0. The molecule has 0 aliphatic carbocycles. The molecule has 1 aromatic carbocycles. The number of carbonyl (C=O) groups excluding carboxylic acids is 2. The van der Waals surface area contributed by atoms with Crippen molar-refractivity contribution in [1.82, 2.24) is 5.32 Å². The minimum atomic E-state index is -0.861. The van der Waals surface area contributed by atoms with Crippen LogP contribution in [0.5, 0.6) is 0 Å². The highest BCUT2D eigenvalue weighted by Gasteiger charge is 2.23. The molecule has 5 nitrogen and oxygen atoms in total. The van der Waals surface area contributed by atoms with E-state index < -0.39 is 6.17 Å². The topological polar surface area (TPSA) is 70.6 Å². The molecule has 88 valence electrons. The molecule has 0 bridgehead atoms. The van der Waals surface area contributed by atoms with Crippen molar-refractivity contribution in [3.05, 3.63) is 29.8 Å². The maximum Gasteiger partial charge on any atom is 0.269 e. The van der Waals surface area contributed by atoms with E-state index in [9.17, 15) is 9.59 Å². The highest BCUT2D eigenvalue weighted by molar-refractivity contribution is 6.11. The Labute approximate surface area is 98.9 Å². The van der Waals surface area contributed by atoms with Crippen LogP contribution in [-0.4, -0.2) is 23.7 Å². The summed E-state index contributed by atoms with van der Waals surface area (Å²) in [5.74, 6) is -0.614. The largest absolute Gasteiger partial charge is 0.327 e. The molecule has 5 heteroatoms. The van der Waals surface area contributed by atoms with Crippen LogP contribution in [0.1, 0.15) is 19.4 Å². The Morgan fingerprint density at radius 2 is 2.12 bits per heavy atom. The number of benzene rings is 1. The van der Waals surface area contributed by atoms with Gasteiger partial charge in [-0.2, -0.15) is 0 Å². The first kappa shape index (κ1) is 11.3. The van der Waals surface area contributed by atoms with E-state index in [4.69, 9.17) is 0 Å². The summed E-state index contributed by atoms with van der Waals surface area (Å²) in [5, 5.41) is 5.24. The van der Waals surface area contributed by atoms with Crippen LogP contribution in [0.4, 0.5) is 5.69 Å². The Morgan fingerprint density at radius 3 is 2.82 bits per heavy atom. The first-order chi connectivity index (χ1) is 8.08. The standard InChI is InChI=1S/C12H13N3O2/c1-7-9-5-3-4-6-10(9)15-12(17)11(13-7)14-8(2)16/h3-6,11H,1-2H3,(H,14,16)(H,15,17). The van der Waals surface area contributed by atoms with Crippen LogP contribution in [0.3, 0.4) is 0 Å². The second kappa shape index (κ2) is 4.37. The zero-order valence-corrected chi connectivity index (χ0v) is 9.65. The Hall–Kier alpha value is -2.17. The van der Waals surface area contributed by atoms with E-state index in [2.05, 4.69) is 15.6 Å². The van der Waals surface area contributed by atoms with E-state index in [0.717, 1.165) is 11.3 Å². The molecule has 2 rings (SSSR count). The summed E-state index contributed by atoms with van der Waals surface area (Å²) in [4.78, 5) is 27.0. The van der Waals surface area contributed by atoms with Crippen LogP contribution in [-0.2, 0) is 9.59 Å². The number of benzodiazepines with no additional fused rings is 1. The molecule has 0 spiro atoms. The molecule has 1 aliphatic rings. The van der Waals surface area contributed by atoms with Crippen LogP contribution in [0.15, 0.2) is 29.3 Å². The Balaban J connectivity index is 2.39. The smallest absolute Gasteiger partial charge is 0.269 e. The summed E-state index contributed by atoms with van der Waals surface area (Å²) in [6.07, 6.45) is -0.861. The lowest BCUT2D eigenvalue weighted by atomic mass is 10.1. The molecule has 17 heavy (non-hydrogen) atoms. The first-order valence-corrected chi connectivity index (χ1v) is 5.29. The number of nitrogens with zero attached hydrogens (tertiary/aromatic N) is 1. The van der Waals surface area contributed by atoms with Gasteiger partial charge in [-0.15, -0.1) is 0 Å². The number of rotatable bonds is 1. The monoisotopic (exact) mass is 231 g/mol. The van der Waals surface area contributed by atoms with Crippen LogP contribution < -0.4 is 10.6 Å². The molecular weight excluding hydrogens is 218 g/mol. The van der Waals surface area contributed by atoms with E-state index >= 15 is 0 Å². The second-order valence-electron chi connectivity index (χ2n) is 3.85. The van der Waals surface area contributed by atoms with Gasteiger partial charge >= 0.3 is 0 Å². The molecule has 2 N–H and O–H groups in total. The van der Waals surface area contributed by atoms with Crippen molar-refractivity contribution in [2.24, 2.45) is 4.99 Å². The third kappa shape index (κ3) is 2.33. The van der Waals surface area contributed by atoms with Gasteiger partial charge in [-0.05, 0) is 13.0 Å².